The Bertz CT molecular complexity index is 1770. The van der Waals surface area contributed by atoms with Crippen LogP contribution in [0, 0.1) is 18.8 Å². The summed E-state index contributed by atoms with van der Waals surface area (Å²) >= 11 is 0. The average Bonchev–Trinajstić information content (AvgIpc) is 3.21. The number of hydrogen-bond acceptors (Lipinski definition) is 6. The number of nitrogens with zero attached hydrogens (tertiary/aromatic N) is 5. The summed E-state index contributed by atoms with van der Waals surface area (Å²) in [6, 6.07) is 15.9. The van der Waals surface area contributed by atoms with Gasteiger partial charge in [0, 0.05) is 5.69 Å². The van der Waals surface area contributed by atoms with Crippen LogP contribution >= 0.6 is 0 Å². The van der Waals surface area contributed by atoms with Crippen molar-refractivity contribution in [3.05, 3.63) is 87.7 Å². The van der Waals surface area contributed by atoms with Gasteiger partial charge in [0.1, 0.15) is 23.9 Å². The van der Waals surface area contributed by atoms with Crippen molar-refractivity contribution in [1.82, 2.24) is 24.3 Å². The molecule has 0 aliphatic heterocycles. The lowest BCUT2D eigenvalue weighted by molar-refractivity contribution is 0.253. The number of benzene rings is 2. The summed E-state index contributed by atoms with van der Waals surface area (Å²) in [5.74, 6) is 6.08. The van der Waals surface area contributed by atoms with Crippen molar-refractivity contribution in [2.75, 3.05) is 5.73 Å². The number of hydrogen-bond donors (Lipinski definition) is 2. The molecule has 5 aromatic rings. The number of aliphatic hydroxyl groups is 1. The number of anilines is 1. The van der Waals surface area contributed by atoms with Crippen molar-refractivity contribution in [3.8, 4) is 17.5 Å². The molecule has 3 heterocycles. The molecule has 8 nitrogen and oxygen atoms in total. The van der Waals surface area contributed by atoms with Gasteiger partial charge in [-0.2, -0.15) is 5.10 Å². The van der Waals surface area contributed by atoms with Crippen LogP contribution in [0.15, 0.2) is 59.7 Å². The van der Waals surface area contributed by atoms with E-state index in [1.807, 2.05) is 49.4 Å². The molecule has 5 rings (SSSR count). The number of nitrogens with two attached hydrogens (primary N) is 1. The third-order valence-electron chi connectivity index (χ3n) is 6.40. The highest BCUT2D eigenvalue weighted by Gasteiger charge is 2.20. The maximum absolute atomic E-state index is 14.1. The number of aromatic nitrogens is 5. The third kappa shape index (κ3) is 4.34. The molecule has 0 amide bonds. The first kappa shape index (κ1) is 24.2. The Hall–Kier alpha value is -4.48. The third-order valence-corrected chi connectivity index (χ3v) is 6.40. The van der Waals surface area contributed by atoms with Crippen LogP contribution < -0.4 is 11.3 Å². The van der Waals surface area contributed by atoms with E-state index in [0.29, 0.717) is 22.1 Å². The SMILES string of the molecule is Cc1cccc2cc(Cn3nc(C#C[C@@H](C)O)c4c(N)ncnc43)n(-c3ccccc3C(C)C)c(=O)c12. The van der Waals surface area contributed by atoms with E-state index < -0.39 is 6.10 Å². The van der Waals surface area contributed by atoms with E-state index in [4.69, 9.17) is 5.73 Å². The molecule has 0 spiro atoms. The van der Waals surface area contributed by atoms with E-state index in [1.54, 1.807) is 16.2 Å². The Morgan fingerprint density at radius 2 is 1.84 bits per heavy atom. The van der Waals surface area contributed by atoms with E-state index in [1.165, 1.54) is 6.33 Å². The molecule has 0 unspecified atom stereocenters. The quantitative estimate of drug-likeness (QED) is 0.368. The average molecular weight is 493 g/mol. The fraction of sp³-hybridized carbons (Fsp3) is 0.241. The number of aliphatic hydroxyl groups excluding tert-OH is 1. The first-order valence-electron chi connectivity index (χ1n) is 12.2. The Balaban J connectivity index is 1.80. The second kappa shape index (κ2) is 9.52. The van der Waals surface area contributed by atoms with E-state index in [2.05, 4.69) is 46.8 Å². The zero-order chi connectivity index (χ0) is 26.3. The number of fused-ring (bicyclic) bond motifs is 2. The topological polar surface area (TPSA) is 112 Å². The molecule has 0 radical (unpaired) electrons. The van der Waals surface area contributed by atoms with Gasteiger partial charge in [-0.3, -0.25) is 9.36 Å². The van der Waals surface area contributed by atoms with Crippen LogP contribution in [0.25, 0.3) is 27.5 Å². The lowest BCUT2D eigenvalue weighted by atomic mass is 10.00. The summed E-state index contributed by atoms with van der Waals surface area (Å²) in [6.07, 6.45) is 0.555. The molecule has 0 saturated heterocycles. The molecular weight excluding hydrogens is 464 g/mol. The molecule has 0 saturated carbocycles. The number of nitrogen functional groups attached to an aromatic ring is 1. The minimum atomic E-state index is -0.826. The van der Waals surface area contributed by atoms with Crippen LogP contribution in [0.3, 0.4) is 0 Å². The predicted molar refractivity (Wildman–Crippen MR) is 146 cm³/mol. The van der Waals surface area contributed by atoms with Crippen molar-refractivity contribution >= 4 is 27.6 Å². The lowest BCUT2D eigenvalue weighted by Gasteiger charge is -2.20. The highest BCUT2D eigenvalue weighted by Crippen LogP contribution is 2.27. The zero-order valence-corrected chi connectivity index (χ0v) is 21.2. The van der Waals surface area contributed by atoms with Crippen LogP contribution in [0.2, 0.25) is 0 Å². The van der Waals surface area contributed by atoms with Gasteiger partial charge in [-0.05, 0) is 54.3 Å². The maximum atomic E-state index is 14.1. The largest absolute Gasteiger partial charge is 0.383 e. The van der Waals surface area contributed by atoms with Gasteiger partial charge in [0.05, 0.1) is 23.0 Å². The molecule has 0 fully saturated rings. The van der Waals surface area contributed by atoms with Crippen molar-refractivity contribution in [2.45, 2.75) is 46.3 Å². The lowest BCUT2D eigenvalue weighted by Crippen LogP contribution is -2.25. The number of pyridine rings is 1. The summed E-state index contributed by atoms with van der Waals surface area (Å²) in [7, 11) is 0. The van der Waals surface area contributed by atoms with Crippen molar-refractivity contribution in [3.63, 3.8) is 0 Å². The van der Waals surface area contributed by atoms with E-state index in [-0.39, 0.29) is 23.8 Å². The molecule has 37 heavy (non-hydrogen) atoms. The van der Waals surface area contributed by atoms with Crippen molar-refractivity contribution in [1.29, 1.82) is 0 Å². The Morgan fingerprint density at radius 1 is 1.05 bits per heavy atom. The highest BCUT2D eigenvalue weighted by atomic mass is 16.3. The summed E-state index contributed by atoms with van der Waals surface area (Å²) < 4.78 is 3.47. The van der Waals surface area contributed by atoms with Gasteiger partial charge >= 0.3 is 0 Å². The predicted octanol–water partition coefficient (Wildman–Crippen LogP) is 3.93. The molecule has 3 aromatic heterocycles. The van der Waals surface area contributed by atoms with Gasteiger partial charge in [-0.1, -0.05) is 56.2 Å². The Morgan fingerprint density at radius 3 is 2.59 bits per heavy atom. The Labute approximate surface area is 214 Å². The standard InChI is InChI=1S/C29H28N6O2/c1-17(2)22-10-5-6-11-24(22)35-21(14-20-9-7-8-18(3)25(20)29(35)37)15-34-28-26(27(30)31-16-32-28)23(33-34)13-12-19(4)36/h5-11,14,16-17,19,36H,15H2,1-4H3,(H2,30,31,32)/t19-/m1/s1. The van der Waals surface area contributed by atoms with Crippen molar-refractivity contribution < 1.29 is 5.11 Å². The van der Waals surface area contributed by atoms with E-state index in [0.717, 1.165) is 27.9 Å². The summed E-state index contributed by atoms with van der Waals surface area (Å²) in [5, 5.41) is 16.4. The van der Waals surface area contributed by atoms with Gasteiger partial charge in [0.2, 0.25) is 0 Å². The monoisotopic (exact) mass is 492 g/mol. The van der Waals surface area contributed by atoms with Gasteiger partial charge < -0.3 is 10.8 Å². The number of rotatable bonds is 4. The fourth-order valence-electron chi connectivity index (χ4n) is 4.70. The van der Waals surface area contributed by atoms with Crippen LogP contribution in [-0.2, 0) is 6.54 Å². The first-order valence-corrected chi connectivity index (χ1v) is 12.2. The van der Waals surface area contributed by atoms with Crippen LogP contribution in [0.1, 0.15) is 49.2 Å². The van der Waals surface area contributed by atoms with Gasteiger partial charge in [-0.15, -0.1) is 0 Å². The molecule has 2 aromatic carbocycles. The molecule has 8 heteroatoms. The molecule has 186 valence electrons. The molecule has 0 aliphatic rings. The first-order chi connectivity index (χ1) is 17.8. The molecular formula is C29H28N6O2. The maximum Gasteiger partial charge on any atom is 0.263 e. The minimum Gasteiger partial charge on any atom is -0.383 e. The summed E-state index contributed by atoms with van der Waals surface area (Å²) in [5.41, 5.74) is 10.5. The van der Waals surface area contributed by atoms with Crippen molar-refractivity contribution in [2.24, 2.45) is 0 Å². The molecule has 1 atom stereocenters. The summed E-state index contributed by atoms with van der Waals surface area (Å²) in [4.78, 5) is 22.6. The van der Waals surface area contributed by atoms with E-state index >= 15 is 0 Å². The molecule has 3 N–H and O–H groups in total. The highest BCUT2D eigenvalue weighted by molar-refractivity contribution is 5.90. The van der Waals surface area contributed by atoms with Crippen LogP contribution in [0.4, 0.5) is 5.82 Å². The minimum absolute atomic E-state index is 0.0848. The van der Waals surface area contributed by atoms with Crippen LogP contribution in [0.5, 0.6) is 0 Å². The summed E-state index contributed by atoms with van der Waals surface area (Å²) in [6.45, 7) is 8.01. The van der Waals surface area contributed by atoms with Crippen LogP contribution in [-0.4, -0.2) is 35.5 Å². The number of aryl methyl sites for hydroxylation is 1. The molecule has 0 aliphatic carbocycles. The normalized spacial score (nSPS) is 12.2. The number of para-hydroxylation sites is 1. The second-order valence-electron chi connectivity index (χ2n) is 9.44. The zero-order valence-electron chi connectivity index (χ0n) is 21.2. The van der Waals surface area contributed by atoms with Gasteiger partial charge in [-0.25, -0.2) is 14.6 Å². The second-order valence-corrected chi connectivity index (χ2v) is 9.44. The molecule has 0 bridgehead atoms. The fourth-order valence-corrected chi connectivity index (χ4v) is 4.70. The van der Waals surface area contributed by atoms with E-state index in [9.17, 15) is 9.90 Å². The van der Waals surface area contributed by atoms with Gasteiger partial charge in [0.25, 0.3) is 5.56 Å². The Kier molecular flexibility index (Phi) is 6.24. The van der Waals surface area contributed by atoms with Gasteiger partial charge in [0.15, 0.2) is 5.65 Å². The smallest absolute Gasteiger partial charge is 0.263 e.